The van der Waals surface area contributed by atoms with Crippen molar-refractivity contribution in [2.24, 2.45) is 11.7 Å². The monoisotopic (exact) mass is 264 g/mol. The van der Waals surface area contributed by atoms with Crippen molar-refractivity contribution < 1.29 is 18.3 Å². The lowest BCUT2D eigenvalue weighted by Crippen LogP contribution is -2.29. The van der Waals surface area contributed by atoms with Gasteiger partial charge in [0.25, 0.3) is 0 Å². The summed E-state index contributed by atoms with van der Waals surface area (Å²) in [6.45, 7) is 2.21. The van der Waals surface area contributed by atoms with E-state index in [2.05, 4.69) is 0 Å². The summed E-state index contributed by atoms with van der Waals surface area (Å²) in [7, 11) is -3.19. The molecule has 0 aromatic heterocycles. The van der Waals surface area contributed by atoms with Gasteiger partial charge in [-0.3, -0.25) is 4.79 Å². The molecule has 1 heterocycles. The molecule has 0 aromatic rings. The molecule has 100 valence electrons. The number of hydrogen-bond donors (Lipinski definition) is 2. The first-order valence-corrected chi connectivity index (χ1v) is 7.57. The smallest absolute Gasteiger partial charge is 0.218 e. The molecule has 0 aromatic carbocycles. The van der Waals surface area contributed by atoms with Gasteiger partial charge < -0.3 is 15.7 Å². The van der Waals surface area contributed by atoms with Gasteiger partial charge in [-0.25, -0.2) is 8.42 Å². The first kappa shape index (κ1) is 14.4. The van der Waals surface area contributed by atoms with Crippen LogP contribution in [-0.2, 0) is 14.6 Å². The molecule has 0 aliphatic carbocycles. The van der Waals surface area contributed by atoms with Gasteiger partial charge in [0.15, 0.2) is 9.84 Å². The van der Waals surface area contributed by atoms with E-state index in [-0.39, 0.29) is 30.5 Å². The molecule has 1 unspecified atom stereocenters. The number of primary amides is 1. The van der Waals surface area contributed by atoms with Crippen molar-refractivity contribution in [2.45, 2.75) is 12.8 Å². The minimum absolute atomic E-state index is 0.0540. The molecule has 1 atom stereocenters. The number of aliphatic hydroxyl groups is 1. The van der Waals surface area contributed by atoms with Crippen LogP contribution in [0.25, 0.3) is 0 Å². The van der Waals surface area contributed by atoms with Crippen LogP contribution in [0.15, 0.2) is 0 Å². The van der Waals surface area contributed by atoms with Crippen molar-refractivity contribution in [3.63, 3.8) is 0 Å². The highest BCUT2D eigenvalue weighted by atomic mass is 32.2. The Morgan fingerprint density at radius 2 is 2.12 bits per heavy atom. The van der Waals surface area contributed by atoms with Crippen LogP contribution in [0, 0.1) is 5.92 Å². The maximum Gasteiger partial charge on any atom is 0.218 e. The third-order valence-electron chi connectivity index (χ3n) is 3.01. The molecule has 0 saturated carbocycles. The van der Waals surface area contributed by atoms with Crippen LogP contribution in [0.4, 0.5) is 0 Å². The average Bonchev–Trinajstić information content (AvgIpc) is 2.72. The maximum atomic E-state index is 11.6. The normalized spacial score (nSPS) is 21.8. The van der Waals surface area contributed by atoms with Gasteiger partial charge in [-0.1, -0.05) is 0 Å². The molecular formula is C10H20N2O4S. The second kappa shape index (κ2) is 6.32. The fraction of sp³-hybridized carbons (Fsp3) is 0.900. The molecule has 0 radical (unpaired) electrons. The standard InChI is InChI=1S/C10H20N2O4S/c11-10(14)2-5-17(15,16)6-4-12-3-1-9(7-12)8-13/h9,13H,1-8H2,(H2,11,14). The Bertz CT molecular complexity index is 355. The number of aliphatic hydroxyl groups excluding tert-OH is 1. The topological polar surface area (TPSA) is 101 Å². The molecule has 6 nitrogen and oxygen atoms in total. The molecule has 0 spiro atoms. The summed E-state index contributed by atoms with van der Waals surface area (Å²) in [6.07, 6.45) is 0.805. The van der Waals surface area contributed by atoms with Crippen molar-refractivity contribution in [1.29, 1.82) is 0 Å². The molecule has 1 fully saturated rings. The number of nitrogens with zero attached hydrogens (tertiary/aromatic N) is 1. The summed E-state index contributed by atoms with van der Waals surface area (Å²) in [5.74, 6) is -0.434. The van der Waals surface area contributed by atoms with E-state index in [0.29, 0.717) is 6.54 Å². The molecule has 1 aliphatic heterocycles. The Labute approximate surface area is 102 Å². The summed E-state index contributed by atoms with van der Waals surface area (Å²) >= 11 is 0. The van der Waals surface area contributed by atoms with E-state index in [0.717, 1.165) is 19.5 Å². The van der Waals surface area contributed by atoms with Crippen LogP contribution in [-0.4, -0.2) is 62.1 Å². The molecular weight excluding hydrogens is 244 g/mol. The zero-order valence-electron chi connectivity index (χ0n) is 9.84. The van der Waals surface area contributed by atoms with E-state index in [1.807, 2.05) is 4.90 Å². The first-order chi connectivity index (χ1) is 7.93. The lowest BCUT2D eigenvalue weighted by atomic mass is 10.1. The molecule has 1 saturated heterocycles. The van der Waals surface area contributed by atoms with Crippen LogP contribution in [0.2, 0.25) is 0 Å². The molecule has 1 aliphatic rings. The third kappa shape index (κ3) is 5.47. The van der Waals surface area contributed by atoms with Crippen LogP contribution < -0.4 is 5.73 Å². The minimum atomic E-state index is -3.19. The molecule has 1 rings (SSSR count). The molecule has 1 amide bonds. The second-order valence-corrected chi connectivity index (χ2v) is 6.81. The van der Waals surface area contributed by atoms with E-state index < -0.39 is 15.7 Å². The van der Waals surface area contributed by atoms with Crippen molar-refractivity contribution in [2.75, 3.05) is 37.7 Å². The number of amides is 1. The van der Waals surface area contributed by atoms with Gasteiger partial charge in [0.1, 0.15) is 0 Å². The predicted molar refractivity (Wildman–Crippen MR) is 64.1 cm³/mol. The third-order valence-corrected chi connectivity index (χ3v) is 4.64. The largest absolute Gasteiger partial charge is 0.396 e. The zero-order valence-corrected chi connectivity index (χ0v) is 10.7. The van der Waals surface area contributed by atoms with Crippen molar-refractivity contribution in [3.05, 3.63) is 0 Å². The fourth-order valence-electron chi connectivity index (χ4n) is 1.89. The van der Waals surface area contributed by atoms with Gasteiger partial charge in [-0.2, -0.15) is 0 Å². The van der Waals surface area contributed by atoms with Crippen LogP contribution >= 0.6 is 0 Å². The first-order valence-electron chi connectivity index (χ1n) is 5.75. The summed E-state index contributed by atoms with van der Waals surface area (Å²) in [5, 5.41) is 8.96. The number of carbonyl (C=O) groups is 1. The van der Waals surface area contributed by atoms with Gasteiger partial charge in [0, 0.05) is 26.1 Å². The van der Waals surface area contributed by atoms with Gasteiger partial charge in [0.2, 0.25) is 5.91 Å². The highest BCUT2D eigenvalue weighted by Crippen LogP contribution is 2.15. The number of hydrogen-bond acceptors (Lipinski definition) is 5. The fourth-order valence-corrected chi connectivity index (χ4v) is 3.14. The maximum absolute atomic E-state index is 11.6. The Morgan fingerprint density at radius 1 is 1.41 bits per heavy atom. The summed E-state index contributed by atoms with van der Waals surface area (Å²) in [4.78, 5) is 12.5. The highest BCUT2D eigenvalue weighted by Gasteiger charge is 2.23. The van der Waals surface area contributed by atoms with E-state index in [1.165, 1.54) is 0 Å². The quantitative estimate of drug-likeness (QED) is 0.588. The van der Waals surface area contributed by atoms with Crippen LogP contribution in [0.1, 0.15) is 12.8 Å². The number of sulfone groups is 1. The van der Waals surface area contributed by atoms with Crippen LogP contribution in [0.5, 0.6) is 0 Å². The average molecular weight is 264 g/mol. The molecule has 7 heteroatoms. The van der Waals surface area contributed by atoms with Gasteiger partial charge in [0.05, 0.1) is 11.5 Å². The van der Waals surface area contributed by atoms with Gasteiger partial charge >= 0.3 is 0 Å². The Morgan fingerprint density at radius 3 is 2.65 bits per heavy atom. The van der Waals surface area contributed by atoms with E-state index >= 15 is 0 Å². The van der Waals surface area contributed by atoms with Crippen molar-refractivity contribution >= 4 is 15.7 Å². The van der Waals surface area contributed by atoms with E-state index in [9.17, 15) is 13.2 Å². The summed E-state index contributed by atoms with van der Waals surface area (Å²) in [5.41, 5.74) is 4.91. The van der Waals surface area contributed by atoms with E-state index in [4.69, 9.17) is 10.8 Å². The number of nitrogens with two attached hydrogens (primary N) is 1. The minimum Gasteiger partial charge on any atom is -0.396 e. The molecule has 3 N–H and O–H groups in total. The number of carbonyl (C=O) groups excluding carboxylic acids is 1. The highest BCUT2D eigenvalue weighted by molar-refractivity contribution is 7.91. The van der Waals surface area contributed by atoms with Gasteiger partial charge in [-0.15, -0.1) is 0 Å². The summed E-state index contributed by atoms with van der Waals surface area (Å²) in [6, 6.07) is 0. The van der Waals surface area contributed by atoms with Crippen molar-refractivity contribution in [1.82, 2.24) is 4.90 Å². The number of likely N-dealkylation sites (tertiary alicyclic amines) is 1. The lowest BCUT2D eigenvalue weighted by Gasteiger charge is -2.15. The Balaban J connectivity index is 2.28. The number of rotatable bonds is 7. The molecule has 17 heavy (non-hydrogen) atoms. The SMILES string of the molecule is NC(=O)CCS(=O)(=O)CCN1CCC(CO)C1. The predicted octanol–water partition coefficient (Wildman–Crippen LogP) is -1.41. The Hall–Kier alpha value is -0.660. The molecule has 0 bridgehead atoms. The van der Waals surface area contributed by atoms with Crippen LogP contribution in [0.3, 0.4) is 0 Å². The second-order valence-electron chi connectivity index (χ2n) is 4.51. The zero-order chi connectivity index (χ0) is 12.9. The van der Waals surface area contributed by atoms with E-state index in [1.54, 1.807) is 0 Å². The summed E-state index contributed by atoms with van der Waals surface area (Å²) < 4.78 is 23.1. The van der Waals surface area contributed by atoms with Crippen molar-refractivity contribution in [3.8, 4) is 0 Å². The van der Waals surface area contributed by atoms with Gasteiger partial charge in [-0.05, 0) is 18.9 Å². The Kier molecular flexibility index (Phi) is 5.35. The lowest BCUT2D eigenvalue weighted by molar-refractivity contribution is -0.117.